The van der Waals surface area contributed by atoms with Crippen LogP contribution < -0.4 is 0 Å². The van der Waals surface area contributed by atoms with Crippen molar-refractivity contribution in [2.24, 2.45) is 5.92 Å². The normalized spacial score (nSPS) is 19.6. The molecule has 1 fully saturated rings. The summed E-state index contributed by atoms with van der Waals surface area (Å²) in [6.07, 6.45) is 5.24. The fourth-order valence-corrected chi connectivity index (χ4v) is 1.35. The van der Waals surface area contributed by atoms with Gasteiger partial charge in [-0.15, -0.1) is 0 Å². The number of rotatable bonds is 1. The molecule has 1 aliphatic carbocycles. The molecule has 0 saturated heterocycles. The Balaban J connectivity index is 0.000000810. The van der Waals surface area contributed by atoms with E-state index in [9.17, 15) is 4.79 Å². The van der Waals surface area contributed by atoms with Gasteiger partial charge in [-0.2, -0.15) is 0 Å². The summed E-state index contributed by atoms with van der Waals surface area (Å²) in [5.74, 6) is -0.631. The van der Waals surface area contributed by atoms with Crippen molar-refractivity contribution in [2.75, 3.05) is 0 Å². The second-order valence-electron chi connectivity index (χ2n) is 2.67. The SMILES string of the molecule is O=C(O)C1CCCCC1.[Bi]. The van der Waals surface area contributed by atoms with Crippen LogP contribution in [0.25, 0.3) is 0 Å². The molecule has 0 heterocycles. The van der Waals surface area contributed by atoms with Crippen LogP contribution in [0.5, 0.6) is 0 Å². The van der Waals surface area contributed by atoms with Crippen LogP contribution in [-0.4, -0.2) is 37.3 Å². The molecule has 2 nitrogen and oxygen atoms in total. The number of aliphatic carboxylic acids is 1. The van der Waals surface area contributed by atoms with Crippen molar-refractivity contribution in [2.45, 2.75) is 32.1 Å². The van der Waals surface area contributed by atoms with Gasteiger partial charge in [-0.25, -0.2) is 0 Å². The molecule has 0 spiro atoms. The Morgan fingerprint density at radius 3 is 2.00 bits per heavy atom. The number of carboxylic acid groups (broad SMARTS) is 1. The van der Waals surface area contributed by atoms with Crippen LogP contribution in [-0.2, 0) is 4.79 Å². The van der Waals surface area contributed by atoms with Gasteiger partial charge in [0, 0.05) is 26.2 Å². The molecular weight excluding hydrogens is 325 g/mol. The van der Waals surface area contributed by atoms with E-state index in [4.69, 9.17) is 5.11 Å². The van der Waals surface area contributed by atoms with Gasteiger partial charge in [0.25, 0.3) is 0 Å². The van der Waals surface area contributed by atoms with Crippen LogP contribution in [0.15, 0.2) is 0 Å². The van der Waals surface area contributed by atoms with Crippen molar-refractivity contribution in [1.82, 2.24) is 0 Å². The zero-order valence-corrected chi connectivity index (χ0v) is 9.39. The number of hydrogen-bond donors (Lipinski definition) is 1. The smallest absolute Gasteiger partial charge is 0.306 e. The molecule has 0 bridgehead atoms. The number of carboxylic acids is 1. The fourth-order valence-electron chi connectivity index (χ4n) is 1.35. The molecular formula is C7H12BiO2. The molecule has 1 saturated carbocycles. The number of carbonyl (C=O) groups is 1. The summed E-state index contributed by atoms with van der Waals surface area (Å²) in [5.41, 5.74) is 0. The van der Waals surface area contributed by atoms with Crippen LogP contribution >= 0.6 is 0 Å². The van der Waals surface area contributed by atoms with Gasteiger partial charge in [-0.05, 0) is 12.8 Å². The molecule has 1 N–H and O–H groups in total. The van der Waals surface area contributed by atoms with Crippen molar-refractivity contribution in [3.8, 4) is 0 Å². The third-order valence-corrected chi connectivity index (χ3v) is 1.95. The van der Waals surface area contributed by atoms with E-state index in [1.54, 1.807) is 0 Å². The van der Waals surface area contributed by atoms with Gasteiger partial charge in [-0.3, -0.25) is 4.79 Å². The zero-order chi connectivity index (χ0) is 6.69. The largest absolute Gasteiger partial charge is 0.481 e. The molecule has 3 heteroatoms. The van der Waals surface area contributed by atoms with Crippen molar-refractivity contribution in [3.05, 3.63) is 0 Å². The van der Waals surface area contributed by atoms with E-state index in [1.165, 1.54) is 6.42 Å². The molecule has 1 rings (SSSR count). The summed E-state index contributed by atoms with van der Waals surface area (Å²) in [6.45, 7) is 0. The van der Waals surface area contributed by atoms with Gasteiger partial charge in [0.15, 0.2) is 0 Å². The molecule has 0 aromatic heterocycles. The molecule has 0 amide bonds. The molecule has 0 aromatic carbocycles. The van der Waals surface area contributed by atoms with Gasteiger partial charge in [0.1, 0.15) is 0 Å². The fraction of sp³-hybridized carbons (Fsp3) is 0.857. The zero-order valence-electron chi connectivity index (χ0n) is 5.92. The van der Waals surface area contributed by atoms with Crippen LogP contribution in [0, 0.1) is 5.92 Å². The predicted molar refractivity (Wildman–Crippen MR) is 40.0 cm³/mol. The van der Waals surface area contributed by atoms with E-state index in [0.29, 0.717) is 0 Å². The summed E-state index contributed by atoms with van der Waals surface area (Å²) in [5, 5.41) is 8.54. The van der Waals surface area contributed by atoms with E-state index in [2.05, 4.69) is 0 Å². The molecule has 3 radical (unpaired) electrons. The standard InChI is InChI=1S/C7H12O2.Bi/c8-7(9)6-4-2-1-3-5-6;/h6H,1-5H2,(H,8,9);. The molecule has 57 valence electrons. The summed E-state index contributed by atoms with van der Waals surface area (Å²) < 4.78 is 0. The molecule has 0 atom stereocenters. The molecule has 0 aliphatic heterocycles. The van der Waals surface area contributed by atoms with Gasteiger partial charge < -0.3 is 5.11 Å². The summed E-state index contributed by atoms with van der Waals surface area (Å²) in [6, 6.07) is 0. The first-order chi connectivity index (χ1) is 4.30. The molecule has 10 heavy (non-hydrogen) atoms. The van der Waals surface area contributed by atoms with E-state index < -0.39 is 5.97 Å². The van der Waals surface area contributed by atoms with Gasteiger partial charge in [0.2, 0.25) is 0 Å². The Kier molecular flexibility index (Phi) is 5.24. The summed E-state index contributed by atoms with van der Waals surface area (Å²) >= 11 is 0. The molecule has 0 aromatic rings. The Labute approximate surface area is 80.1 Å². The third-order valence-electron chi connectivity index (χ3n) is 1.95. The third kappa shape index (κ3) is 2.96. The second kappa shape index (κ2) is 5.06. The predicted octanol–water partition coefficient (Wildman–Crippen LogP) is 1.27. The average molecular weight is 337 g/mol. The first-order valence-electron chi connectivity index (χ1n) is 3.53. The van der Waals surface area contributed by atoms with Gasteiger partial charge in [-0.1, -0.05) is 19.3 Å². The Bertz CT molecular complexity index is 108. The Morgan fingerprint density at radius 1 is 1.20 bits per heavy atom. The minimum atomic E-state index is -0.602. The first kappa shape index (κ1) is 10.4. The van der Waals surface area contributed by atoms with Crippen LogP contribution in [0.2, 0.25) is 0 Å². The maximum atomic E-state index is 10.4. The van der Waals surface area contributed by atoms with Crippen LogP contribution in [0.1, 0.15) is 32.1 Å². The van der Waals surface area contributed by atoms with E-state index >= 15 is 0 Å². The summed E-state index contributed by atoms with van der Waals surface area (Å²) in [4.78, 5) is 10.4. The van der Waals surface area contributed by atoms with E-state index in [-0.39, 0.29) is 32.1 Å². The van der Waals surface area contributed by atoms with E-state index in [1.807, 2.05) is 0 Å². The minimum absolute atomic E-state index is 0. The quantitative estimate of drug-likeness (QED) is 0.732. The van der Waals surface area contributed by atoms with Gasteiger partial charge >= 0.3 is 5.97 Å². The second-order valence-corrected chi connectivity index (χ2v) is 2.67. The Hall–Kier alpha value is 0.353. The van der Waals surface area contributed by atoms with Crippen molar-refractivity contribution >= 4 is 32.2 Å². The van der Waals surface area contributed by atoms with Crippen LogP contribution in [0.4, 0.5) is 0 Å². The van der Waals surface area contributed by atoms with Crippen LogP contribution in [0.3, 0.4) is 0 Å². The Morgan fingerprint density at radius 2 is 1.70 bits per heavy atom. The van der Waals surface area contributed by atoms with Crippen molar-refractivity contribution in [1.29, 1.82) is 0 Å². The molecule has 0 unspecified atom stereocenters. The topological polar surface area (TPSA) is 37.3 Å². The first-order valence-corrected chi connectivity index (χ1v) is 3.53. The monoisotopic (exact) mass is 337 g/mol. The number of hydrogen-bond acceptors (Lipinski definition) is 1. The summed E-state index contributed by atoms with van der Waals surface area (Å²) in [7, 11) is 0. The van der Waals surface area contributed by atoms with Gasteiger partial charge in [0.05, 0.1) is 5.92 Å². The van der Waals surface area contributed by atoms with E-state index in [0.717, 1.165) is 25.7 Å². The molecule has 1 aliphatic rings. The van der Waals surface area contributed by atoms with Crippen molar-refractivity contribution in [3.63, 3.8) is 0 Å². The van der Waals surface area contributed by atoms with Crippen molar-refractivity contribution < 1.29 is 9.90 Å². The maximum absolute atomic E-state index is 10.4. The maximum Gasteiger partial charge on any atom is 0.306 e. The minimum Gasteiger partial charge on any atom is -0.481 e. The average Bonchev–Trinajstić information content (AvgIpc) is 1.90.